The summed E-state index contributed by atoms with van der Waals surface area (Å²) in [6.45, 7) is 10.9. The quantitative estimate of drug-likeness (QED) is 0.225. The van der Waals surface area contributed by atoms with Crippen molar-refractivity contribution in [1.82, 2.24) is 8.85 Å². The second-order valence-corrected chi connectivity index (χ2v) is 15.3. The van der Waals surface area contributed by atoms with Gasteiger partial charge in [0.25, 0.3) is 0 Å². The molecule has 2 unspecified atom stereocenters. The normalized spacial score (nSPS) is 19.1. The minimum atomic E-state index is -2.56. The van der Waals surface area contributed by atoms with Crippen LogP contribution in [0, 0.1) is 17.0 Å². The molecule has 0 aromatic heterocycles. The number of aliphatic hydroxyl groups is 1. The maximum atomic E-state index is 13.7. The van der Waals surface area contributed by atoms with E-state index in [0.29, 0.717) is 12.2 Å². The Balaban J connectivity index is 1.76. The van der Waals surface area contributed by atoms with Gasteiger partial charge < -0.3 is 0 Å². The van der Waals surface area contributed by atoms with Crippen molar-refractivity contribution in [3.05, 3.63) is 64.7 Å². The van der Waals surface area contributed by atoms with Crippen LogP contribution >= 0.6 is 20.1 Å². The van der Waals surface area contributed by atoms with E-state index in [1.165, 1.54) is 24.6 Å². The molecule has 0 spiro atoms. The van der Waals surface area contributed by atoms with E-state index in [1.54, 1.807) is 0 Å². The number of hydrogen-bond acceptors (Lipinski definition) is 4. The third-order valence-corrected chi connectivity index (χ3v) is 11.0. The van der Waals surface area contributed by atoms with Crippen LogP contribution in [0.5, 0.6) is 5.75 Å². The van der Waals surface area contributed by atoms with Crippen LogP contribution in [0.1, 0.15) is 57.7 Å². The molecule has 5 nitrogen and oxygen atoms in total. The molecule has 2 aromatic rings. The molecule has 2 aromatic carbocycles. The Bertz CT molecular complexity index is 1010. The summed E-state index contributed by atoms with van der Waals surface area (Å²) < 4.78 is 35.5. The molecule has 0 saturated heterocycles. The molecule has 3 N–H and O–H groups in total. The van der Waals surface area contributed by atoms with Crippen molar-refractivity contribution in [3.8, 4) is 5.75 Å². The molecule has 3 rings (SSSR count). The van der Waals surface area contributed by atoms with Gasteiger partial charge in [0.05, 0.1) is 0 Å². The molecule has 2 atom stereocenters. The minimum absolute atomic E-state index is 0.151. The molecule has 0 aliphatic carbocycles. The summed E-state index contributed by atoms with van der Waals surface area (Å²) in [5.74, 6) is -0.756. The van der Waals surface area contributed by atoms with Crippen LogP contribution < -0.4 is 13.6 Å². The first kappa shape index (κ1) is 26.8. The number of benzene rings is 2. The number of nitrogens with one attached hydrogen (secondary N) is 2. The molecule has 34 heavy (non-hydrogen) atoms. The Labute approximate surface area is 208 Å². The Kier molecular flexibility index (Phi) is 8.57. The second-order valence-electron chi connectivity index (χ2n) is 10.3. The number of ether oxygens (including phenoxy) is 1. The Morgan fingerprint density at radius 1 is 1.18 bits per heavy atom. The summed E-state index contributed by atoms with van der Waals surface area (Å²) in [5.41, 5.74) is 2.46. The fourth-order valence-corrected chi connectivity index (χ4v) is 8.33. The molecule has 0 bridgehead atoms. The Morgan fingerprint density at radius 2 is 1.85 bits per heavy atom. The number of fused-ring (bicyclic) bond motifs is 1. The molecule has 8 heteroatoms. The summed E-state index contributed by atoms with van der Waals surface area (Å²) in [7, 11) is 0. The fourth-order valence-electron chi connectivity index (χ4n) is 4.15. The van der Waals surface area contributed by atoms with E-state index < -0.39 is 41.4 Å². The van der Waals surface area contributed by atoms with Crippen LogP contribution in [0.15, 0.2) is 36.4 Å². The van der Waals surface area contributed by atoms with Gasteiger partial charge in [0.1, 0.15) is 0 Å². The van der Waals surface area contributed by atoms with Crippen LogP contribution in [0.4, 0.5) is 8.78 Å². The Hall–Kier alpha value is -1.78. The maximum absolute atomic E-state index is 13.7. The zero-order valence-electron chi connectivity index (χ0n) is 20.5. The van der Waals surface area contributed by atoms with Gasteiger partial charge in [0.2, 0.25) is 0 Å². The zero-order valence-corrected chi connectivity index (χ0v) is 22.6. The summed E-state index contributed by atoms with van der Waals surface area (Å²) in [4.78, 5) is 11.8. The molecule has 1 heterocycles. The molecule has 1 amide bonds. The second kappa shape index (κ2) is 10.9. The fraction of sp³-hybridized carbons (Fsp3) is 0.500. The monoisotopic (exact) mass is 588 g/mol. The van der Waals surface area contributed by atoms with E-state index in [9.17, 15) is 18.7 Å². The third kappa shape index (κ3) is 7.36. The predicted octanol–water partition coefficient (Wildman–Crippen LogP) is 5.22. The molecule has 1 aliphatic heterocycles. The van der Waals surface area contributed by atoms with E-state index in [0.717, 1.165) is 30.2 Å². The summed E-state index contributed by atoms with van der Waals surface area (Å²) in [5, 5.41) is 14.5. The molecular weight excluding hydrogens is 553 g/mol. The standard InChI is InChI=1S/C26H35F2IN2O3/c1-17(32)31-29(15-19-10-20(27)13-21(28)11-19)24(33)16-30-26(5)8-9-34-23-7-6-18(12-22(23)26)14-25(2,3)4/h6-7,10-13,24,30,33H,8-9,14-16H2,1-5H3,(H,31,32). The number of hydrogen-bond donors (Lipinski definition) is 3. The summed E-state index contributed by atoms with van der Waals surface area (Å²) in [6, 6.07) is 9.61. The summed E-state index contributed by atoms with van der Waals surface area (Å²) >= 11 is -2.56. The van der Waals surface area contributed by atoms with Crippen molar-refractivity contribution >= 4 is 26.0 Å². The van der Waals surface area contributed by atoms with Crippen molar-refractivity contribution < 1.29 is 23.4 Å². The van der Waals surface area contributed by atoms with Gasteiger partial charge in [-0.05, 0) is 0 Å². The molecule has 0 fully saturated rings. The van der Waals surface area contributed by atoms with Gasteiger partial charge in [-0.1, -0.05) is 0 Å². The van der Waals surface area contributed by atoms with Crippen molar-refractivity contribution in [2.24, 2.45) is 5.41 Å². The van der Waals surface area contributed by atoms with Gasteiger partial charge in [-0.15, -0.1) is 0 Å². The topological polar surface area (TPSA) is 70.6 Å². The number of halogens is 3. The number of alkyl halides is 2. The van der Waals surface area contributed by atoms with Crippen molar-refractivity contribution in [3.63, 3.8) is 0 Å². The molecular formula is C26H35F2IN2O3. The molecule has 0 radical (unpaired) electrons. The molecule has 188 valence electrons. The average molecular weight is 588 g/mol. The first-order valence-electron chi connectivity index (χ1n) is 11.4. The van der Waals surface area contributed by atoms with E-state index in [-0.39, 0.29) is 22.3 Å². The van der Waals surface area contributed by atoms with Crippen LogP contribution in [0.25, 0.3) is 0 Å². The number of rotatable bonds is 8. The van der Waals surface area contributed by atoms with Gasteiger partial charge in [0, 0.05) is 0 Å². The van der Waals surface area contributed by atoms with E-state index in [2.05, 4.69) is 48.7 Å². The van der Waals surface area contributed by atoms with Gasteiger partial charge in [-0.25, -0.2) is 0 Å². The summed E-state index contributed by atoms with van der Waals surface area (Å²) in [6.07, 6.45) is 1.66. The van der Waals surface area contributed by atoms with Crippen molar-refractivity contribution in [2.75, 3.05) is 13.2 Å². The number of carbonyl (C=O) groups excluding carboxylic acids is 1. The van der Waals surface area contributed by atoms with Gasteiger partial charge >= 0.3 is 209 Å². The number of aliphatic hydroxyl groups excluding tert-OH is 1. The number of carbonyl (C=O) groups is 1. The van der Waals surface area contributed by atoms with Gasteiger partial charge in [-0.3, -0.25) is 0 Å². The van der Waals surface area contributed by atoms with Crippen LogP contribution in [0.2, 0.25) is 0 Å². The van der Waals surface area contributed by atoms with E-state index in [1.807, 2.05) is 6.07 Å². The Morgan fingerprint density at radius 3 is 2.47 bits per heavy atom. The predicted molar refractivity (Wildman–Crippen MR) is 139 cm³/mol. The third-order valence-electron chi connectivity index (χ3n) is 5.67. The average Bonchev–Trinajstić information content (AvgIpc) is 2.70. The van der Waals surface area contributed by atoms with Crippen LogP contribution in [-0.2, 0) is 21.2 Å². The zero-order chi connectivity index (χ0) is 25.1. The van der Waals surface area contributed by atoms with Gasteiger partial charge in [0.15, 0.2) is 0 Å². The number of amides is 1. The van der Waals surface area contributed by atoms with Crippen LogP contribution in [0.3, 0.4) is 0 Å². The SMILES string of the molecule is CC(=O)NI(Cc1cc(F)cc(F)c1)C(O)CNC1(C)CCOc2ccc(CC(C)(C)C)cc21. The first-order chi connectivity index (χ1) is 15.8. The van der Waals surface area contributed by atoms with Crippen LogP contribution in [-0.4, -0.2) is 28.3 Å². The van der Waals surface area contributed by atoms with E-state index in [4.69, 9.17) is 4.74 Å². The van der Waals surface area contributed by atoms with Crippen molar-refractivity contribution in [1.29, 1.82) is 0 Å². The van der Waals surface area contributed by atoms with E-state index >= 15 is 0 Å². The van der Waals surface area contributed by atoms with Gasteiger partial charge in [-0.2, -0.15) is 0 Å². The van der Waals surface area contributed by atoms with Crippen molar-refractivity contribution in [2.45, 2.75) is 61.5 Å². The first-order valence-corrected chi connectivity index (χ1v) is 15.3. The molecule has 0 saturated carbocycles. The molecule has 1 aliphatic rings.